The Hall–Kier alpha value is -2.50. The number of nitrogens with zero attached hydrogens (tertiary/aromatic N) is 6. The SMILES string of the molecule is Cc1nn2ncccc2c1-c1ccnc(N(C)C)n1. The van der Waals surface area contributed by atoms with Crippen LogP contribution in [0, 0.1) is 6.92 Å². The molecule has 0 aliphatic carbocycles. The van der Waals surface area contributed by atoms with Gasteiger partial charge < -0.3 is 4.90 Å². The Morgan fingerprint density at radius 3 is 2.79 bits per heavy atom. The summed E-state index contributed by atoms with van der Waals surface area (Å²) in [5, 5.41) is 8.59. The van der Waals surface area contributed by atoms with Gasteiger partial charge in [0.15, 0.2) is 0 Å². The summed E-state index contributed by atoms with van der Waals surface area (Å²) in [6.07, 6.45) is 3.48. The number of fused-ring (bicyclic) bond motifs is 1. The second-order valence-corrected chi connectivity index (χ2v) is 4.50. The smallest absolute Gasteiger partial charge is 0.225 e. The van der Waals surface area contributed by atoms with Gasteiger partial charge in [0.25, 0.3) is 0 Å². The fourth-order valence-electron chi connectivity index (χ4n) is 2.02. The summed E-state index contributed by atoms with van der Waals surface area (Å²) in [7, 11) is 3.84. The van der Waals surface area contributed by atoms with Gasteiger partial charge in [0.05, 0.1) is 22.5 Å². The third-order valence-corrected chi connectivity index (χ3v) is 2.89. The maximum absolute atomic E-state index is 4.56. The fourth-order valence-corrected chi connectivity index (χ4v) is 2.02. The quantitative estimate of drug-likeness (QED) is 0.694. The predicted octanol–water partition coefficient (Wildman–Crippen LogP) is 1.56. The first kappa shape index (κ1) is 11.6. The van der Waals surface area contributed by atoms with E-state index in [0.29, 0.717) is 5.95 Å². The minimum atomic E-state index is 0.681. The predicted molar refractivity (Wildman–Crippen MR) is 73.1 cm³/mol. The Kier molecular flexibility index (Phi) is 2.63. The molecular formula is C13H14N6. The van der Waals surface area contributed by atoms with Gasteiger partial charge in [0.1, 0.15) is 0 Å². The molecule has 3 aromatic rings. The molecule has 6 heteroatoms. The van der Waals surface area contributed by atoms with E-state index in [0.717, 1.165) is 22.5 Å². The molecule has 3 rings (SSSR count). The van der Waals surface area contributed by atoms with Crippen molar-refractivity contribution in [2.45, 2.75) is 6.92 Å². The summed E-state index contributed by atoms with van der Waals surface area (Å²) >= 11 is 0. The average Bonchev–Trinajstić information content (AvgIpc) is 2.74. The van der Waals surface area contributed by atoms with Crippen LogP contribution < -0.4 is 4.90 Å². The summed E-state index contributed by atoms with van der Waals surface area (Å²) < 4.78 is 1.63. The van der Waals surface area contributed by atoms with Gasteiger partial charge >= 0.3 is 0 Å². The lowest BCUT2D eigenvalue weighted by atomic mass is 10.1. The molecule has 0 N–H and O–H groups in total. The monoisotopic (exact) mass is 254 g/mol. The molecule has 0 atom stereocenters. The van der Waals surface area contributed by atoms with E-state index in [1.165, 1.54) is 0 Å². The van der Waals surface area contributed by atoms with E-state index in [9.17, 15) is 0 Å². The lowest BCUT2D eigenvalue weighted by Crippen LogP contribution is -2.12. The van der Waals surface area contributed by atoms with Crippen LogP contribution >= 0.6 is 0 Å². The molecule has 0 fully saturated rings. The van der Waals surface area contributed by atoms with E-state index in [1.807, 2.05) is 44.1 Å². The zero-order valence-electron chi connectivity index (χ0n) is 11.1. The molecule has 0 bridgehead atoms. The van der Waals surface area contributed by atoms with Crippen molar-refractivity contribution in [2.75, 3.05) is 19.0 Å². The molecule has 0 saturated carbocycles. The van der Waals surface area contributed by atoms with Crippen LogP contribution in [0.4, 0.5) is 5.95 Å². The lowest BCUT2D eigenvalue weighted by Gasteiger charge is -2.10. The van der Waals surface area contributed by atoms with Gasteiger partial charge in [-0.3, -0.25) is 0 Å². The van der Waals surface area contributed by atoms with E-state index in [-0.39, 0.29) is 0 Å². The molecule has 0 radical (unpaired) electrons. The van der Waals surface area contributed by atoms with Crippen molar-refractivity contribution in [3.63, 3.8) is 0 Å². The van der Waals surface area contributed by atoms with Gasteiger partial charge in [-0.1, -0.05) is 0 Å². The maximum atomic E-state index is 4.56. The molecule has 19 heavy (non-hydrogen) atoms. The van der Waals surface area contributed by atoms with Gasteiger partial charge in [0.2, 0.25) is 5.95 Å². The minimum Gasteiger partial charge on any atom is -0.347 e. The summed E-state index contributed by atoms with van der Waals surface area (Å²) in [5.74, 6) is 0.681. The zero-order chi connectivity index (χ0) is 13.4. The van der Waals surface area contributed by atoms with Crippen molar-refractivity contribution in [1.82, 2.24) is 24.8 Å². The van der Waals surface area contributed by atoms with Gasteiger partial charge in [-0.25, -0.2) is 9.97 Å². The van der Waals surface area contributed by atoms with Gasteiger partial charge in [-0.05, 0) is 25.1 Å². The normalized spacial score (nSPS) is 10.9. The largest absolute Gasteiger partial charge is 0.347 e. The standard InChI is InChI=1S/C13H14N6/c1-9-12(11-5-4-7-15-19(11)17-9)10-6-8-14-13(16-10)18(2)3/h4-8H,1-3H3. The molecule has 0 aliphatic rings. The number of anilines is 1. The molecule has 96 valence electrons. The van der Waals surface area contributed by atoms with Crippen LogP contribution in [-0.4, -0.2) is 38.9 Å². The number of rotatable bonds is 2. The Morgan fingerprint density at radius 1 is 1.16 bits per heavy atom. The van der Waals surface area contributed by atoms with Crippen LogP contribution in [-0.2, 0) is 0 Å². The van der Waals surface area contributed by atoms with Crippen LogP contribution in [0.1, 0.15) is 5.69 Å². The van der Waals surface area contributed by atoms with Crippen LogP contribution in [0.3, 0.4) is 0 Å². The number of aryl methyl sites for hydroxylation is 1. The molecule has 3 aromatic heterocycles. The van der Waals surface area contributed by atoms with Crippen molar-refractivity contribution in [3.8, 4) is 11.3 Å². The highest BCUT2D eigenvalue weighted by atomic mass is 15.4. The molecule has 0 aliphatic heterocycles. The summed E-state index contributed by atoms with van der Waals surface area (Å²) in [5.41, 5.74) is 3.71. The molecule has 6 nitrogen and oxygen atoms in total. The second-order valence-electron chi connectivity index (χ2n) is 4.50. The van der Waals surface area contributed by atoms with Crippen LogP contribution in [0.15, 0.2) is 30.6 Å². The topological polar surface area (TPSA) is 59.2 Å². The first-order chi connectivity index (χ1) is 9.16. The third-order valence-electron chi connectivity index (χ3n) is 2.89. The summed E-state index contributed by atoms with van der Waals surface area (Å²) in [6, 6.07) is 5.78. The van der Waals surface area contributed by atoms with Crippen molar-refractivity contribution in [2.24, 2.45) is 0 Å². The van der Waals surface area contributed by atoms with E-state index in [4.69, 9.17) is 0 Å². The van der Waals surface area contributed by atoms with E-state index in [1.54, 1.807) is 17.0 Å². The lowest BCUT2D eigenvalue weighted by molar-refractivity contribution is 0.787. The first-order valence-electron chi connectivity index (χ1n) is 5.98. The average molecular weight is 254 g/mol. The second kappa shape index (κ2) is 4.31. The molecule has 0 spiro atoms. The molecule has 0 saturated heterocycles. The maximum Gasteiger partial charge on any atom is 0.225 e. The Morgan fingerprint density at radius 2 is 2.00 bits per heavy atom. The van der Waals surface area contributed by atoms with Crippen molar-refractivity contribution >= 4 is 11.5 Å². The Balaban J connectivity index is 2.24. The van der Waals surface area contributed by atoms with Gasteiger partial charge in [-0.2, -0.15) is 14.8 Å². The zero-order valence-corrected chi connectivity index (χ0v) is 11.1. The Labute approximate surface area is 110 Å². The van der Waals surface area contributed by atoms with E-state index < -0.39 is 0 Å². The summed E-state index contributed by atoms with van der Waals surface area (Å²) in [6.45, 7) is 1.96. The molecule has 0 unspecified atom stereocenters. The number of hydrogen-bond acceptors (Lipinski definition) is 5. The van der Waals surface area contributed by atoms with Crippen molar-refractivity contribution < 1.29 is 0 Å². The van der Waals surface area contributed by atoms with Crippen LogP contribution in [0.5, 0.6) is 0 Å². The molecule has 0 amide bonds. The molecule has 0 aromatic carbocycles. The van der Waals surface area contributed by atoms with Gasteiger partial charge in [0, 0.05) is 26.5 Å². The minimum absolute atomic E-state index is 0.681. The first-order valence-corrected chi connectivity index (χ1v) is 5.98. The van der Waals surface area contributed by atoms with Crippen molar-refractivity contribution in [3.05, 3.63) is 36.3 Å². The molecule has 3 heterocycles. The van der Waals surface area contributed by atoms with Crippen molar-refractivity contribution in [1.29, 1.82) is 0 Å². The number of hydrogen-bond donors (Lipinski definition) is 0. The highest BCUT2D eigenvalue weighted by Crippen LogP contribution is 2.26. The van der Waals surface area contributed by atoms with Crippen LogP contribution in [0.25, 0.3) is 16.8 Å². The highest BCUT2D eigenvalue weighted by molar-refractivity contribution is 5.80. The summed E-state index contributed by atoms with van der Waals surface area (Å²) in [4.78, 5) is 10.7. The fraction of sp³-hybridized carbons (Fsp3) is 0.231. The van der Waals surface area contributed by atoms with Crippen LogP contribution in [0.2, 0.25) is 0 Å². The van der Waals surface area contributed by atoms with E-state index >= 15 is 0 Å². The third kappa shape index (κ3) is 1.91. The molecular weight excluding hydrogens is 240 g/mol. The Bertz CT molecular complexity index is 731. The highest BCUT2D eigenvalue weighted by Gasteiger charge is 2.14. The van der Waals surface area contributed by atoms with Gasteiger partial charge in [-0.15, -0.1) is 0 Å². The number of aromatic nitrogens is 5. The van der Waals surface area contributed by atoms with E-state index in [2.05, 4.69) is 20.2 Å².